The molecule has 4 heteroatoms. The molecule has 0 radical (unpaired) electrons. The summed E-state index contributed by atoms with van der Waals surface area (Å²) in [6.45, 7) is 1.98. The molecule has 0 spiro atoms. The number of amides is 1. The number of carbonyl (C=O) groups is 1. The molecule has 0 aliphatic heterocycles. The van der Waals surface area contributed by atoms with E-state index in [4.69, 9.17) is 5.11 Å². The first-order valence-electron chi connectivity index (χ1n) is 3.92. The Labute approximate surface area is 84.9 Å². The summed E-state index contributed by atoms with van der Waals surface area (Å²) >= 11 is 3.33. The summed E-state index contributed by atoms with van der Waals surface area (Å²) in [4.78, 5) is 10.4. The van der Waals surface area contributed by atoms with Crippen LogP contribution in [0.2, 0.25) is 0 Å². The first kappa shape index (κ1) is 10.1. The maximum atomic E-state index is 10.4. The number of carboxylic acid groups (broad SMARTS) is 1. The lowest BCUT2D eigenvalue weighted by Gasteiger charge is -2.07. The van der Waals surface area contributed by atoms with E-state index in [0.717, 1.165) is 16.5 Å². The van der Waals surface area contributed by atoms with Crippen LogP contribution in [0.5, 0.6) is 0 Å². The molecule has 1 amide bonds. The number of rotatable bonds is 2. The molecule has 0 aliphatic carbocycles. The van der Waals surface area contributed by atoms with Gasteiger partial charge in [-0.2, -0.15) is 0 Å². The molecule has 1 rings (SSSR count). The Morgan fingerprint density at radius 1 is 1.62 bits per heavy atom. The van der Waals surface area contributed by atoms with Gasteiger partial charge in [-0.05, 0) is 30.2 Å². The van der Waals surface area contributed by atoms with Crippen LogP contribution in [0.25, 0.3) is 0 Å². The number of anilines is 1. The maximum absolute atomic E-state index is 10.4. The lowest BCUT2D eigenvalue weighted by atomic mass is 10.1. The van der Waals surface area contributed by atoms with Crippen molar-refractivity contribution in [1.29, 1.82) is 0 Å². The van der Waals surface area contributed by atoms with Crippen molar-refractivity contribution in [3.05, 3.63) is 28.2 Å². The highest BCUT2D eigenvalue weighted by Gasteiger charge is 2.03. The molecule has 0 aromatic heterocycles. The number of hydrogen-bond donors (Lipinski definition) is 2. The Morgan fingerprint density at radius 3 is 2.85 bits per heavy atom. The van der Waals surface area contributed by atoms with Crippen molar-refractivity contribution in [2.24, 2.45) is 0 Å². The van der Waals surface area contributed by atoms with Gasteiger partial charge in [0.15, 0.2) is 0 Å². The van der Waals surface area contributed by atoms with Gasteiger partial charge in [-0.3, -0.25) is 5.32 Å². The largest absolute Gasteiger partial charge is 0.465 e. The summed E-state index contributed by atoms with van der Waals surface area (Å²) < 4.78 is 0.959. The van der Waals surface area contributed by atoms with E-state index in [9.17, 15) is 4.79 Å². The van der Waals surface area contributed by atoms with E-state index < -0.39 is 6.09 Å². The monoisotopic (exact) mass is 243 g/mol. The second-order valence-corrected chi connectivity index (χ2v) is 3.50. The summed E-state index contributed by atoms with van der Waals surface area (Å²) in [7, 11) is 0. The lowest BCUT2D eigenvalue weighted by Crippen LogP contribution is -2.08. The molecule has 1 aromatic carbocycles. The van der Waals surface area contributed by atoms with Gasteiger partial charge >= 0.3 is 6.09 Å². The lowest BCUT2D eigenvalue weighted by molar-refractivity contribution is 0.209. The van der Waals surface area contributed by atoms with Gasteiger partial charge in [0.1, 0.15) is 0 Å². The normalized spacial score (nSPS) is 9.69. The van der Waals surface area contributed by atoms with Crippen LogP contribution in [0.4, 0.5) is 10.5 Å². The van der Waals surface area contributed by atoms with Crippen molar-refractivity contribution >= 4 is 27.7 Å². The molecular weight excluding hydrogens is 234 g/mol. The second-order valence-electron chi connectivity index (χ2n) is 2.59. The van der Waals surface area contributed by atoms with Crippen molar-refractivity contribution < 1.29 is 9.90 Å². The summed E-state index contributed by atoms with van der Waals surface area (Å²) in [6, 6.07) is 5.47. The second kappa shape index (κ2) is 4.28. The molecule has 0 aliphatic rings. The van der Waals surface area contributed by atoms with Crippen LogP contribution in [-0.2, 0) is 6.42 Å². The van der Waals surface area contributed by atoms with Crippen LogP contribution >= 0.6 is 15.9 Å². The Hall–Kier alpha value is -1.03. The molecule has 3 nitrogen and oxygen atoms in total. The highest BCUT2D eigenvalue weighted by molar-refractivity contribution is 9.10. The molecular formula is C9H10BrNO2. The van der Waals surface area contributed by atoms with E-state index in [1.807, 2.05) is 19.1 Å². The average molecular weight is 244 g/mol. The molecule has 0 atom stereocenters. The van der Waals surface area contributed by atoms with E-state index in [0.29, 0.717) is 5.69 Å². The molecule has 70 valence electrons. The van der Waals surface area contributed by atoms with Crippen molar-refractivity contribution in [2.45, 2.75) is 13.3 Å². The molecule has 2 N–H and O–H groups in total. The van der Waals surface area contributed by atoms with E-state index in [1.165, 1.54) is 0 Å². The van der Waals surface area contributed by atoms with Gasteiger partial charge in [0.2, 0.25) is 0 Å². The van der Waals surface area contributed by atoms with Gasteiger partial charge in [-0.15, -0.1) is 0 Å². The SMILES string of the molecule is CCc1cc(Br)ccc1NC(=O)O. The highest BCUT2D eigenvalue weighted by atomic mass is 79.9. The third-order valence-electron chi connectivity index (χ3n) is 1.69. The van der Waals surface area contributed by atoms with Crippen molar-refractivity contribution in [3.8, 4) is 0 Å². The fourth-order valence-corrected chi connectivity index (χ4v) is 1.50. The van der Waals surface area contributed by atoms with Crippen molar-refractivity contribution in [3.63, 3.8) is 0 Å². The van der Waals surface area contributed by atoms with Gasteiger partial charge in [0, 0.05) is 10.2 Å². The van der Waals surface area contributed by atoms with Gasteiger partial charge in [-0.1, -0.05) is 22.9 Å². The van der Waals surface area contributed by atoms with E-state index in [2.05, 4.69) is 21.2 Å². The molecule has 0 unspecified atom stereocenters. The molecule has 0 heterocycles. The minimum Gasteiger partial charge on any atom is -0.465 e. The molecule has 0 bridgehead atoms. The Bertz CT molecular complexity index is 325. The van der Waals surface area contributed by atoms with Gasteiger partial charge in [-0.25, -0.2) is 4.79 Å². The highest BCUT2D eigenvalue weighted by Crippen LogP contribution is 2.21. The van der Waals surface area contributed by atoms with E-state index >= 15 is 0 Å². The van der Waals surface area contributed by atoms with Crippen LogP contribution < -0.4 is 5.32 Å². The van der Waals surface area contributed by atoms with Crippen LogP contribution in [0.15, 0.2) is 22.7 Å². The summed E-state index contributed by atoms with van der Waals surface area (Å²) in [6.07, 6.45) is -0.230. The van der Waals surface area contributed by atoms with Crippen LogP contribution in [0, 0.1) is 0 Å². The number of aryl methyl sites for hydroxylation is 1. The van der Waals surface area contributed by atoms with Crippen LogP contribution in [0.1, 0.15) is 12.5 Å². The predicted molar refractivity (Wildman–Crippen MR) is 55.2 cm³/mol. The Kier molecular flexibility index (Phi) is 3.31. The summed E-state index contributed by atoms with van der Waals surface area (Å²) in [5.41, 5.74) is 1.63. The Morgan fingerprint density at radius 2 is 2.31 bits per heavy atom. The van der Waals surface area contributed by atoms with Crippen LogP contribution in [-0.4, -0.2) is 11.2 Å². The molecule has 1 aromatic rings. The number of benzene rings is 1. The quantitative estimate of drug-likeness (QED) is 0.839. The first-order chi connectivity index (χ1) is 6.13. The number of halogens is 1. The fraction of sp³-hybridized carbons (Fsp3) is 0.222. The zero-order chi connectivity index (χ0) is 9.84. The van der Waals surface area contributed by atoms with Crippen LogP contribution in [0.3, 0.4) is 0 Å². The van der Waals surface area contributed by atoms with E-state index in [1.54, 1.807) is 6.07 Å². The number of nitrogens with one attached hydrogen (secondary N) is 1. The molecule has 0 saturated heterocycles. The minimum atomic E-state index is -1.03. The minimum absolute atomic E-state index is 0.651. The zero-order valence-electron chi connectivity index (χ0n) is 7.17. The average Bonchev–Trinajstić information content (AvgIpc) is 2.07. The van der Waals surface area contributed by atoms with Crippen molar-refractivity contribution in [1.82, 2.24) is 0 Å². The predicted octanol–water partition coefficient (Wildman–Crippen LogP) is 3.10. The summed E-state index contributed by atoms with van der Waals surface area (Å²) in [5.74, 6) is 0. The maximum Gasteiger partial charge on any atom is 0.409 e. The van der Waals surface area contributed by atoms with Crippen molar-refractivity contribution in [2.75, 3.05) is 5.32 Å². The zero-order valence-corrected chi connectivity index (χ0v) is 8.76. The van der Waals surface area contributed by atoms with Gasteiger partial charge in [0.25, 0.3) is 0 Å². The smallest absolute Gasteiger partial charge is 0.409 e. The topological polar surface area (TPSA) is 49.3 Å². The van der Waals surface area contributed by atoms with Gasteiger partial charge in [0.05, 0.1) is 0 Å². The molecule has 0 saturated carbocycles. The third kappa shape index (κ3) is 2.73. The summed E-state index contributed by atoms with van der Waals surface area (Å²) in [5, 5.41) is 10.9. The third-order valence-corrected chi connectivity index (χ3v) is 2.18. The van der Waals surface area contributed by atoms with Gasteiger partial charge < -0.3 is 5.11 Å². The Balaban J connectivity index is 2.99. The number of hydrogen-bond acceptors (Lipinski definition) is 1. The molecule has 0 fully saturated rings. The molecule has 13 heavy (non-hydrogen) atoms. The first-order valence-corrected chi connectivity index (χ1v) is 4.71. The standard InChI is InChI=1S/C9H10BrNO2/c1-2-6-5-7(10)3-4-8(6)11-9(12)13/h3-5,11H,2H2,1H3,(H,12,13). The fourth-order valence-electron chi connectivity index (χ4n) is 1.09. The van der Waals surface area contributed by atoms with E-state index in [-0.39, 0.29) is 0 Å².